The topological polar surface area (TPSA) is 70.1 Å². The Bertz CT molecular complexity index is 842. The quantitative estimate of drug-likeness (QED) is 0.829. The van der Waals surface area contributed by atoms with E-state index < -0.39 is 16.1 Å². The van der Waals surface area contributed by atoms with Gasteiger partial charge < -0.3 is 9.84 Å². The molecule has 0 bridgehead atoms. The highest BCUT2D eigenvalue weighted by Gasteiger charge is 2.40. The Hall–Kier alpha value is -1.93. The molecule has 7 heteroatoms. The van der Waals surface area contributed by atoms with Crippen molar-refractivity contribution in [3.8, 4) is 5.75 Å². The molecule has 6 nitrogen and oxygen atoms in total. The molecule has 0 saturated carbocycles. The van der Waals surface area contributed by atoms with Crippen LogP contribution >= 0.6 is 0 Å². The van der Waals surface area contributed by atoms with Crippen LogP contribution in [0.2, 0.25) is 0 Å². The largest absolute Gasteiger partial charge is 0.496 e. The van der Waals surface area contributed by atoms with Gasteiger partial charge >= 0.3 is 0 Å². The van der Waals surface area contributed by atoms with Gasteiger partial charge in [-0.3, -0.25) is 4.90 Å². The summed E-state index contributed by atoms with van der Waals surface area (Å²) in [7, 11) is -0.0915. The van der Waals surface area contributed by atoms with Crippen LogP contribution in [0, 0.1) is 0 Å². The summed E-state index contributed by atoms with van der Waals surface area (Å²) < 4.78 is 32.3. The third-order valence-electron chi connectivity index (χ3n) is 4.78. The van der Waals surface area contributed by atoms with E-state index in [1.54, 1.807) is 37.4 Å². The fourth-order valence-corrected chi connectivity index (χ4v) is 4.82. The molecule has 1 heterocycles. The summed E-state index contributed by atoms with van der Waals surface area (Å²) >= 11 is 0. The van der Waals surface area contributed by atoms with Gasteiger partial charge in [0.1, 0.15) is 5.75 Å². The van der Waals surface area contributed by atoms with E-state index in [2.05, 4.69) is 0 Å². The van der Waals surface area contributed by atoms with Crippen molar-refractivity contribution in [2.45, 2.75) is 23.6 Å². The minimum Gasteiger partial charge on any atom is -0.496 e. The maximum atomic E-state index is 12.8. The minimum atomic E-state index is -3.60. The van der Waals surface area contributed by atoms with Crippen LogP contribution < -0.4 is 4.74 Å². The van der Waals surface area contributed by atoms with Gasteiger partial charge in [-0.25, -0.2) is 8.42 Å². The molecule has 2 atom stereocenters. The molecule has 0 radical (unpaired) electrons. The molecular formula is C19H24N2O4S. The first kappa shape index (κ1) is 18.8. The second kappa shape index (κ2) is 7.75. The number of benzene rings is 2. The molecule has 0 aromatic heterocycles. The highest BCUT2D eigenvalue weighted by atomic mass is 32.2. The number of hydrogen-bond donors (Lipinski definition) is 1. The second-order valence-electron chi connectivity index (χ2n) is 6.50. The second-order valence-corrected chi connectivity index (χ2v) is 8.43. The fraction of sp³-hybridized carbons (Fsp3) is 0.368. The molecule has 1 aliphatic rings. The van der Waals surface area contributed by atoms with Gasteiger partial charge in [-0.1, -0.05) is 36.4 Å². The fourth-order valence-electron chi connectivity index (χ4n) is 3.33. The number of aliphatic hydroxyl groups is 1. The molecule has 2 aromatic carbocycles. The Kier molecular flexibility index (Phi) is 5.62. The average molecular weight is 376 g/mol. The lowest BCUT2D eigenvalue weighted by molar-refractivity contribution is 0.0948. The number of nitrogens with zero attached hydrogens (tertiary/aromatic N) is 2. The molecule has 0 spiro atoms. The van der Waals surface area contributed by atoms with Crippen LogP contribution in [0.3, 0.4) is 0 Å². The van der Waals surface area contributed by atoms with Crippen LogP contribution in [0.1, 0.15) is 5.56 Å². The summed E-state index contributed by atoms with van der Waals surface area (Å²) in [6.45, 7) is 0.910. The summed E-state index contributed by atoms with van der Waals surface area (Å²) in [6.07, 6.45) is -0.742. The zero-order valence-electron chi connectivity index (χ0n) is 14.9. The molecule has 1 aliphatic heterocycles. The molecule has 1 N–H and O–H groups in total. The lowest BCUT2D eigenvalue weighted by atomic mass is 10.1. The summed E-state index contributed by atoms with van der Waals surface area (Å²) in [6, 6.07) is 15.7. The Morgan fingerprint density at radius 3 is 2.46 bits per heavy atom. The molecule has 0 unspecified atom stereocenters. The van der Waals surface area contributed by atoms with Crippen LogP contribution in [-0.4, -0.2) is 62.1 Å². The highest BCUT2D eigenvalue weighted by Crippen LogP contribution is 2.26. The van der Waals surface area contributed by atoms with Crippen molar-refractivity contribution in [2.24, 2.45) is 0 Å². The Morgan fingerprint density at radius 2 is 1.77 bits per heavy atom. The van der Waals surface area contributed by atoms with Crippen LogP contribution in [-0.2, 0) is 16.6 Å². The van der Waals surface area contributed by atoms with Gasteiger partial charge in [-0.15, -0.1) is 0 Å². The Balaban J connectivity index is 1.74. The SMILES string of the molecule is COc1ccccc1CN(C)[C@H]1CN(S(=O)(=O)c2ccccc2)C[C@@H]1O. The van der Waals surface area contributed by atoms with Gasteiger partial charge in [0, 0.05) is 25.2 Å². The number of sulfonamides is 1. The molecule has 140 valence electrons. The summed E-state index contributed by atoms with van der Waals surface area (Å²) in [5.41, 5.74) is 0.995. The molecule has 1 fully saturated rings. The van der Waals surface area contributed by atoms with Crippen molar-refractivity contribution >= 4 is 10.0 Å². The first-order chi connectivity index (χ1) is 12.4. The lowest BCUT2D eigenvalue weighted by Gasteiger charge is -2.27. The lowest BCUT2D eigenvalue weighted by Crippen LogP contribution is -2.40. The minimum absolute atomic E-state index is 0.0954. The number of methoxy groups -OCH3 is 1. The monoisotopic (exact) mass is 376 g/mol. The van der Waals surface area contributed by atoms with Gasteiger partial charge in [0.05, 0.1) is 24.2 Å². The van der Waals surface area contributed by atoms with Gasteiger partial charge in [-0.2, -0.15) is 4.31 Å². The van der Waals surface area contributed by atoms with E-state index >= 15 is 0 Å². The van der Waals surface area contributed by atoms with Crippen LogP contribution in [0.5, 0.6) is 5.75 Å². The third-order valence-corrected chi connectivity index (χ3v) is 6.63. The van der Waals surface area contributed by atoms with E-state index in [1.165, 1.54) is 4.31 Å². The van der Waals surface area contributed by atoms with Gasteiger partial charge in [-0.05, 0) is 25.2 Å². The van der Waals surface area contributed by atoms with E-state index in [1.807, 2.05) is 36.2 Å². The van der Waals surface area contributed by atoms with Gasteiger partial charge in [0.25, 0.3) is 0 Å². The molecule has 0 aliphatic carbocycles. The van der Waals surface area contributed by atoms with E-state index in [0.29, 0.717) is 6.54 Å². The predicted molar refractivity (Wildman–Crippen MR) is 99.5 cm³/mol. The van der Waals surface area contributed by atoms with E-state index in [4.69, 9.17) is 4.74 Å². The number of para-hydroxylation sites is 1. The average Bonchev–Trinajstić information content (AvgIpc) is 3.05. The van der Waals surface area contributed by atoms with Crippen LogP contribution in [0.15, 0.2) is 59.5 Å². The third kappa shape index (κ3) is 3.76. The standard InChI is InChI=1S/C19H24N2O4S/c1-20(12-15-8-6-7-11-19(15)25-2)17-13-21(14-18(17)22)26(23,24)16-9-4-3-5-10-16/h3-11,17-18,22H,12-14H2,1-2H3/t17-,18-/m0/s1. The Morgan fingerprint density at radius 1 is 1.12 bits per heavy atom. The maximum absolute atomic E-state index is 12.8. The number of hydrogen-bond acceptors (Lipinski definition) is 5. The first-order valence-corrected chi connectivity index (χ1v) is 9.93. The zero-order valence-corrected chi connectivity index (χ0v) is 15.8. The normalized spacial score (nSPS) is 21.2. The number of aliphatic hydroxyl groups excluding tert-OH is 1. The molecule has 2 aromatic rings. The summed E-state index contributed by atoms with van der Waals surface area (Å²) in [4.78, 5) is 2.23. The van der Waals surface area contributed by atoms with E-state index in [-0.39, 0.29) is 24.0 Å². The van der Waals surface area contributed by atoms with Gasteiger partial charge in [0.2, 0.25) is 10.0 Å². The van der Waals surface area contributed by atoms with Crippen LogP contribution in [0.4, 0.5) is 0 Å². The molecule has 26 heavy (non-hydrogen) atoms. The number of ether oxygens (including phenoxy) is 1. The zero-order chi connectivity index (χ0) is 18.7. The van der Waals surface area contributed by atoms with Crippen molar-refractivity contribution in [1.29, 1.82) is 0 Å². The van der Waals surface area contributed by atoms with E-state index in [9.17, 15) is 13.5 Å². The smallest absolute Gasteiger partial charge is 0.243 e. The van der Waals surface area contributed by atoms with Crippen molar-refractivity contribution in [3.63, 3.8) is 0 Å². The van der Waals surface area contributed by atoms with Crippen molar-refractivity contribution in [3.05, 3.63) is 60.2 Å². The molecule has 0 amide bonds. The first-order valence-electron chi connectivity index (χ1n) is 8.49. The highest BCUT2D eigenvalue weighted by molar-refractivity contribution is 7.89. The summed E-state index contributed by atoms with van der Waals surface area (Å²) in [5.74, 6) is 0.778. The van der Waals surface area contributed by atoms with E-state index in [0.717, 1.165) is 11.3 Å². The Labute approximate surface area is 154 Å². The number of rotatable bonds is 6. The maximum Gasteiger partial charge on any atom is 0.243 e. The predicted octanol–water partition coefficient (Wildman–Crippen LogP) is 1.56. The molecule has 1 saturated heterocycles. The molecular weight excluding hydrogens is 352 g/mol. The van der Waals surface area contributed by atoms with Crippen molar-refractivity contribution < 1.29 is 18.3 Å². The summed E-state index contributed by atoms with van der Waals surface area (Å²) in [5, 5.41) is 10.5. The van der Waals surface area contributed by atoms with Crippen molar-refractivity contribution in [1.82, 2.24) is 9.21 Å². The number of β-amino-alcohol motifs (C(OH)–C–C–N with tert-alkyl or cyclic N) is 1. The molecule has 3 rings (SSSR count). The van der Waals surface area contributed by atoms with Gasteiger partial charge in [0.15, 0.2) is 0 Å². The van der Waals surface area contributed by atoms with Crippen LogP contribution in [0.25, 0.3) is 0 Å². The number of likely N-dealkylation sites (N-methyl/N-ethyl adjacent to an activating group) is 1. The van der Waals surface area contributed by atoms with Crippen molar-refractivity contribution in [2.75, 3.05) is 27.2 Å².